The third kappa shape index (κ3) is 39.6. The molecule has 17 nitrogen and oxygen atoms in total. The number of carbonyl (C=O) groups is 1. The molecule has 0 fully saturated rings. The monoisotopic (exact) mass is 780 g/mol. The third-order valence-electron chi connectivity index (χ3n) is 6.69. The van der Waals surface area contributed by atoms with Gasteiger partial charge in [-0.25, -0.2) is 4.79 Å². The van der Waals surface area contributed by atoms with E-state index in [4.69, 9.17) is 66.3 Å². The van der Waals surface area contributed by atoms with E-state index in [-0.39, 0.29) is 6.61 Å². The molecule has 1 amide bonds. The molecule has 54 heavy (non-hydrogen) atoms. The van der Waals surface area contributed by atoms with Crippen molar-refractivity contribution < 1.29 is 71.1 Å². The fourth-order valence-corrected chi connectivity index (χ4v) is 3.91. The van der Waals surface area contributed by atoms with Crippen molar-refractivity contribution in [3.8, 4) is 0 Å². The number of ether oxygens (including phenoxy) is 14. The Bertz CT molecular complexity index is 879. The lowest BCUT2D eigenvalue weighted by molar-refractivity contribution is -0.0289. The maximum absolute atomic E-state index is 11.7. The minimum absolute atomic E-state index is 0.236. The normalized spacial score (nSPS) is 11.4. The second-order valence-corrected chi connectivity index (χ2v) is 11.1. The van der Waals surface area contributed by atoms with Gasteiger partial charge in [0.2, 0.25) is 0 Å². The number of hydrogen-bond acceptors (Lipinski definition) is 16. The zero-order valence-corrected chi connectivity index (χ0v) is 32.5. The summed E-state index contributed by atoms with van der Waals surface area (Å²) in [6, 6.07) is 9.50. The molecule has 1 rings (SSSR count). The maximum Gasteiger partial charge on any atom is 0.407 e. The van der Waals surface area contributed by atoms with Crippen LogP contribution in [0.1, 0.15) is 5.56 Å². The summed E-state index contributed by atoms with van der Waals surface area (Å²) in [4.78, 5) is 11.7. The third-order valence-corrected chi connectivity index (χ3v) is 6.69. The molecule has 0 aliphatic carbocycles. The number of hydrogen-bond donors (Lipinski definition) is 2. The van der Waals surface area contributed by atoms with Crippen LogP contribution < -0.4 is 10.6 Å². The summed E-state index contributed by atoms with van der Waals surface area (Å²) in [6.45, 7) is 14.5. The highest BCUT2D eigenvalue weighted by Crippen LogP contribution is 2.00. The van der Waals surface area contributed by atoms with Gasteiger partial charge in [0.15, 0.2) is 0 Å². The molecule has 0 saturated carbocycles. The highest BCUT2D eigenvalue weighted by Gasteiger charge is 2.02. The van der Waals surface area contributed by atoms with Crippen LogP contribution in [-0.4, -0.2) is 198 Å². The summed E-state index contributed by atoms with van der Waals surface area (Å²) in [6.07, 6.45) is -0.471. The molecular weight excluding hydrogens is 712 g/mol. The van der Waals surface area contributed by atoms with E-state index in [0.29, 0.717) is 178 Å². The zero-order valence-electron chi connectivity index (χ0n) is 32.5. The lowest BCUT2D eigenvalue weighted by Crippen LogP contribution is -2.28. The summed E-state index contributed by atoms with van der Waals surface area (Å²) in [5.74, 6) is 0. The van der Waals surface area contributed by atoms with Crippen LogP contribution in [0.4, 0.5) is 4.79 Å². The first kappa shape index (κ1) is 49.9. The Morgan fingerprint density at radius 1 is 0.389 bits per heavy atom. The fraction of sp³-hybridized carbons (Fsp3) is 0.811. The second kappa shape index (κ2) is 43.7. The molecule has 0 aromatic heterocycles. The molecule has 316 valence electrons. The van der Waals surface area contributed by atoms with Gasteiger partial charge < -0.3 is 76.9 Å². The van der Waals surface area contributed by atoms with Crippen molar-refractivity contribution in [1.29, 1.82) is 0 Å². The van der Waals surface area contributed by atoms with E-state index in [2.05, 4.69) is 10.6 Å². The topological polar surface area (TPSA) is 170 Å². The van der Waals surface area contributed by atoms with Gasteiger partial charge in [0.1, 0.15) is 6.61 Å². The van der Waals surface area contributed by atoms with Gasteiger partial charge in [-0.05, 0) is 12.6 Å². The SMILES string of the molecule is CNCCOCCOCCOCCOCCOCCOCCOCCOCCOCCOCCOCCOCCOCCNC(=O)OCc1ccccc1. The highest BCUT2D eigenvalue weighted by molar-refractivity contribution is 5.67. The quantitative estimate of drug-likeness (QED) is 0.0910. The van der Waals surface area contributed by atoms with Gasteiger partial charge in [-0.15, -0.1) is 0 Å². The average molecular weight is 781 g/mol. The number of amides is 1. The maximum atomic E-state index is 11.7. The van der Waals surface area contributed by atoms with Gasteiger partial charge in [0.25, 0.3) is 0 Å². The molecule has 1 aromatic rings. The van der Waals surface area contributed by atoms with Crippen molar-refractivity contribution in [3.63, 3.8) is 0 Å². The minimum atomic E-state index is -0.471. The number of rotatable bonds is 44. The van der Waals surface area contributed by atoms with Crippen molar-refractivity contribution in [3.05, 3.63) is 35.9 Å². The van der Waals surface area contributed by atoms with Gasteiger partial charge in [0, 0.05) is 13.1 Å². The smallest absolute Gasteiger partial charge is 0.407 e. The fourth-order valence-electron chi connectivity index (χ4n) is 3.91. The molecular formula is C37H68N2O15. The summed E-state index contributed by atoms with van der Waals surface area (Å²) < 4.78 is 76.1. The lowest BCUT2D eigenvalue weighted by atomic mass is 10.2. The van der Waals surface area contributed by atoms with E-state index in [0.717, 1.165) is 12.1 Å². The average Bonchev–Trinajstić information content (AvgIpc) is 3.19. The standard InChI is InChI=1S/C37H68N2O15/c1-38-7-9-41-11-13-43-15-17-45-19-21-47-23-25-49-27-29-51-31-33-53-34-32-52-30-28-50-26-24-48-22-20-46-18-16-44-14-12-42-10-8-39-37(40)54-35-36-5-3-2-4-6-36/h2-6,38H,7-35H2,1H3,(H,39,40). The van der Waals surface area contributed by atoms with Crippen molar-refractivity contribution >= 4 is 6.09 Å². The van der Waals surface area contributed by atoms with Crippen LogP contribution >= 0.6 is 0 Å². The number of alkyl carbamates (subject to hydrolysis) is 1. The first-order valence-corrected chi connectivity index (χ1v) is 18.9. The number of nitrogens with one attached hydrogen (secondary N) is 2. The molecule has 0 unspecified atom stereocenters. The highest BCUT2D eigenvalue weighted by atomic mass is 16.6. The first-order valence-electron chi connectivity index (χ1n) is 18.9. The van der Waals surface area contributed by atoms with E-state index in [1.54, 1.807) is 0 Å². The summed E-state index contributed by atoms with van der Waals surface area (Å²) in [7, 11) is 1.89. The van der Waals surface area contributed by atoms with E-state index in [1.165, 1.54) is 0 Å². The predicted molar refractivity (Wildman–Crippen MR) is 199 cm³/mol. The first-order chi connectivity index (χ1) is 26.8. The lowest BCUT2D eigenvalue weighted by Gasteiger charge is -2.09. The predicted octanol–water partition coefficient (Wildman–Crippen LogP) is 1.35. The molecule has 2 N–H and O–H groups in total. The van der Waals surface area contributed by atoms with Crippen molar-refractivity contribution in [2.45, 2.75) is 6.61 Å². The van der Waals surface area contributed by atoms with E-state index in [1.807, 2.05) is 37.4 Å². The Labute approximate surface area is 322 Å². The molecule has 0 atom stereocenters. The Morgan fingerprint density at radius 2 is 0.648 bits per heavy atom. The number of carbonyl (C=O) groups excluding carboxylic acids is 1. The second-order valence-electron chi connectivity index (χ2n) is 11.1. The molecule has 0 aliphatic heterocycles. The summed E-state index contributed by atoms with van der Waals surface area (Å²) in [5, 5.41) is 5.66. The number of likely N-dealkylation sites (N-methyl/N-ethyl adjacent to an activating group) is 1. The molecule has 1 aromatic carbocycles. The van der Waals surface area contributed by atoms with Crippen LogP contribution in [0.5, 0.6) is 0 Å². The van der Waals surface area contributed by atoms with Crippen molar-refractivity contribution in [1.82, 2.24) is 10.6 Å². The molecule has 0 spiro atoms. The van der Waals surface area contributed by atoms with Crippen molar-refractivity contribution in [2.24, 2.45) is 0 Å². The van der Waals surface area contributed by atoms with Gasteiger partial charge in [-0.2, -0.15) is 0 Å². The van der Waals surface area contributed by atoms with Gasteiger partial charge in [-0.3, -0.25) is 0 Å². The summed E-state index contributed by atoms with van der Waals surface area (Å²) in [5.41, 5.74) is 0.936. The van der Waals surface area contributed by atoms with Gasteiger partial charge >= 0.3 is 6.09 Å². The Hall–Kier alpha value is -2.07. The van der Waals surface area contributed by atoms with E-state index < -0.39 is 6.09 Å². The Kier molecular flexibility index (Phi) is 40.4. The summed E-state index contributed by atoms with van der Waals surface area (Å²) >= 11 is 0. The van der Waals surface area contributed by atoms with Crippen LogP contribution in [0.25, 0.3) is 0 Å². The van der Waals surface area contributed by atoms with Crippen LogP contribution in [-0.2, 0) is 72.9 Å². The Morgan fingerprint density at radius 3 is 0.926 bits per heavy atom. The van der Waals surface area contributed by atoms with E-state index >= 15 is 0 Å². The van der Waals surface area contributed by atoms with Crippen LogP contribution in [0.2, 0.25) is 0 Å². The van der Waals surface area contributed by atoms with Crippen molar-refractivity contribution in [2.75, 3.05) is 192 Å². The van der Waals surface area contributed by atoms with Gasteiger partial charge in [0.05, 0.1) is 172 Å². The Balaban J connectivity index is 1.62. The minimum Gasteiger partial charge on any atom is -0.445 e. The van der Waals surface area contributed by atoms with Gasteiger partial charge in [-0.1, -0.05) is 30.3 Å². The molecule has 0 heterocycles. The van der Waals surface area contributed by atoms with Crippen LogP contribution in [0.15, 0.2) is 30.3 Å². The molecule has 0 saturated heterocycles. The molecule has 17 heteroatoms. The molecule has 0 aliphatic rings. The largest absolute Gasteiger partial charge is 0.445 e. The van der Waals surface area contributed by atoms with Crippen LogP contribution in [0, 0.1) is 0 Å². The molecule has 0 radical (unpaired) electrons. The number of benzene rings is 1. The zero-order chi connectivity index (χ0) is 38.5. The van der Waals surface area contributed by atoms with E-state index in [9.17, 15) is 4.79 Å². The molecule has 0 bridgehead atoms. The van der Waals surface area contributed by atoms with Crippen LogP contribution in [0.3, 0.4) is 0 Å².